The fourth-order valence-corrected chi connectivity index (χ4v) is 5.49. The summed E-state index contributed by atoms with van der Waals surface area (Å²) in [7, 11) is 3.14. The number of nitrogens with zero attached hydrogens (tertiary/aromatic N) is 6. The number of hydrogen-bond donors (Lipinski definition) is 0. The van der Waals surface area contributed by atoms with Crippen LogP contribution in [-0.4, -0.2) is 81.7 Å². The third-order valence-corrected chi connectivity index (χ3v) is 7.80. The van der Waals surface area contributed by atoms with E-state index in [9.17, 15) is 18.4 Å². The smallest absolute Gasteiger partial charge is 0.387 e. The Bertz CT molecular complexity index is 1730. The molecule has 1 fully saturated rings. The molecule has 1 unspecified atom stereocenters. The second-order valence-electron chi connectivity index (χ2n) is 12.0. The average molecular weight is 625 g/mol. The number of ether oxygens (including phenoxy) is 3. The van der Waals surface area contributed by atoms with E-state index in [0.717, 1.165) is 0 Å². The quantitative estimate of drug-likeness (QED) is 0.272. The van der Waals surface area contributed by atoms with E-state index >= 15 is 0 Å². The molecule has 0 saturated carbocycles. The molecule has 0 radical (unpaired) electrons. The van der Waals surface area contributed by atoms with Crippen LogP contribution in [0.3, 0.4) is 0 Å². The van der Waals surface area contributed by atoms with Crippen molar-refractivity contribution in [3.8, 4) is 22.6 Å². The van der Waals surface area contributed by atoms with Gasteiger partial charge in [0.1, 0.15) is 18.1 Å². The first kappa shape index (κ1) is 31.9. The average Bonchev–Trinajstić information content (AvgIpc) is 3.23. The Morgan fingerprint density at radius 2 is 1.80 bits per heavy atom. The van der Waals surface area contributed by atoms with E-state index in [1.165, 1.54) is 17.9 Å². The van der Waals surface area contributed by atoms with Crippen LogP contribution in [0.5, 0.6) is 11.5 Å². The zero-order valence-corrected chi connectivity index (χ0v) is 26.3. The number of carbonyl (C=O) groups is 1. The lowest BCUT2D eigenvalue weighted by Crippen LogP contribution is -2.55. The second-order valence-corrected chi connectivity index (χ2v) is 12.0. The van der Waals surface area contributed by atoms with Gasteiger partial charge in [-0.25, -0.2) is 9.97 Å². The summed E-state index contributed by atoms with van der Waals surface area (Å²) in [6, 6.07) is 9.93. The van der Waals surface area contributed by atoms with Gasteiger partial charge in [-0.2, -0.15) is 8.78 Å². The van der Waals surface area contributed by atoms with Crippen molar-refractivity contribution in [3.05, 3.63) is 64.7 Å². The molecule has 1 saturated heterocycles. The van der Waals surface area contributed by atoms with Gasteiger partial charge in [0.2, 0.25) is 11.9 Å². The summed E-state index contributed by atoms with van der Waals surface area (Å²) in [6.07, 6.45) is 3.39. The molecule has 1 amide bonds. The Labute approximate surface area is 259 Å². The lowest BCUT2D eigenvalue weighted by molar-refractivity contribution is -0.143. The van der Waals surface area contributed by atoms with Crippen molar-refractivity contribution in [1.29, 1.82) is 0 Å². The first-order valence-corrected chi connectivity index (χ1v) is 14.7. The van der Waals surface area contributed by atoms with Gasteiger partial charge < -0.3 is 24.0 Å². The van der Waals surface area contributed by atoms with Crippen LogP contribution in [-0.2, 0) is 23.1 Å². The lowest BCUT2D eigenvalue weighted by Gasteiger charge is -2.40. The largest absolute Gasteiger partial charge is 0.496 e. The van der Waals surface area contributed by atoms with Crippen LogP contribution in [0, 0.1) is 0 Å². The Morgan fingerprint density at radius 3 is 2.44 bits per heavy atom. The Kier molecular flexibility index (Phi) is 9.10. The van der Waals surface area contributed by atoms with Crippen LogP contribution >= 0.6 is 0 Å². The van der Waals surface area contributed by atoms with Crippen LogP contribution in [0.4, 0.5) is 14.7 Å². The molecule has 5 rings (SSSR count). The van der Waals surface area contributed by atoms with E-state index < -0.39 is 12.2 Å². The molecule has 0 bridgehead atoms. The highest BCUT2D eigenvalue weighted by Gasteiger charge is 2.29. The molecule has 1 atom stereocenters. The number of piperazine rings is 1. The van der Waals surface area contributed by atoms with Crippen LogP contribution < -0.4 is 19.9 Å². The van der Waals surface area contributed by atoms with Gasteiger partial charge in [0.25, 0.3) is 5.56 Å². The minimum atomic E-state index is -2.97. The number of aromatic nitrogens is 4. The van der Waals surface area contributed by atoms with E-state index in [0.29, 0.717) is 58.9 Å². The summed E-state index contributed by atoms with van der Waals surface area (Å²) < 4.78 is 45.3. The minimum Gasteiger partial charge on any atom is -0.496 e. The maximum Gasteiger partial charge on any atom is 0.387 e. The molecule has 4 aromatic rings. The maximum absolute atomic E-state index is 13.2. The van der Waals surface area contributed by atoms with Crippen LogP contribution in [0.25, 0.3) is 22.0 Å². The van der Waals surface area contributed by atoms with E-state index in [-0.39, 0.29) is 36.4 Å². The van der Waals surface area contributed by atoms with E-state index in [4.69, 9.17) is 14.2 Å². The van der Waals surface area contributed by atoms with Gasteiger partial charge in [-0.1, -0.05) is 18.2 Å². The van der Waals surface area contributed by atoms with Gasteiger partial charge in [-0.3, -0.25) is 19.0 Å². The van der Waals surface area contributed by atoms with Crippen molar-refractivity contribution >= 4 is 22.8 Å². The molecule has 11 nitrogen and oxygen atoms in total. The predicted molar refractivity (Wildman–Crippen MR) is 166 cm³/mol. The molecule has 0 aliphatic carbocycles. The fraction of sp³-hybridized carbons (Fsp3) is 0.438. The molecule has 1 aliphatic rings. The first-order valence-electron chi connectivity index (χ1n) is 14.7. The number of rotatable bonds is 9. The van der Waals surface area contributed by atoms with E-state index in [1.807, 2.05) is 43.6 Å². The summed E-state index contributed by atoms with van der Waals surface area (Å²) in [4.78, 5) is 39.0. The third kappa shape index (κ3) is 6.93. The molecule has 2 aromatic heterocycles. The van der Waals surface area contributed by atoms with Gasteiger partial charge in [-0.05, 0) is 45.9 Å². The molecule has 2 aromatic carbocycles. The lowest BCUT2D eigenvalue weighted by atomic mass is 10.1. The molecule has 240 valence electrons. The third-order valence-electron chi connectivity index (χ3n) is 7.80. The molecular formula is C32H38F2N6O5. The van der Waals surface area contributed by atoms with Crippen LogP contribution in [0.1, 0.15) is 33.3 Å². The summed E-state index contributed by atoms with van der Waals surface area (Å²) in [6.45, 7) is 6.61. The Morgan fingerprint density at radius 1 is 1.09 bits per heavy atom. The number of methoxy groups -OCH3 is 1. The second kappa shape index (κ2) is 12.8. The molecule has 3 heterocycles. The summed E-state index contributed by atoms with van der Waals surface area (Å²) >= 11 is 0. The molecule has 45 heavy (non-hydrogen) atoms. The van der Waals surface area contributed by atoms with E-state index in [1.54, 1.807) is 48.4 Å². The summed E-state index contributed by atoms with van der Waals surface area (Å²) in [5.74, 6) is 1.00. The SMILES string of the molecule is COc1cc2c(=O)n(C)n(Cc3ccccc3OC(F)F)c2cc1-c1cnc(N2CCN(C(=O)COC(C)(C)C)C(C)C2)nc1. The van der Waals surface area contributed by atoms with Gasteiger partial charge in [0, 0.05) is 61.8 Å². The Hall–Kier alpha value is -4.52. The number of benzene rings is 2. The maximum atomic E-state index is 13.2. The predicted octanol–water partition coefficient (Wildman–Crippen LogP) is 4.31. The van der Waals surface area contributed by atoms with Crippen molar-refractivity contribution in [3.63, 3.8) is 0 Å². The van der Waals surface area contributed by atoms with Gasteiger partial charge in [0.15, 0.2) is 0 Å². The molecular weight excluding hydrogens is 586 g/mol. The highest BCUT2D eigenvalue weighted by Crippen LogP contribution is 2.34. The normalized spacial score (nSPS) is 15.6. The Balaban J connectivity index is 1.40. The van der Waals surface area contributed by atoms with Gasteiger partial charge in [0.05, 0.1) is 30.2 Å². The summed E-state index contributed by atoms with van der Waals surface area (Å²) in [5.41, 5.74) is 1.76. The molecule has 0 N–H and O–H groups in total. The zero-order valence-electron chi connectivity index (χ0n) is 26.3. The monoisotopic (exact) mass is 624 g/mol. The molecule has 13 heteroatoms. The number of carbonyl (C=O) groups excluding carboxylic acids is 1. The number of fused-ring (bicyclic) bond motifs is 1. The van der Waals surface area contributed by atoms with Crippen LogP contribution in [0.15, 0.2) is 53.6 Å². The highest BCUT2D eigenvalue weighted by molar-refractivity contribution is 5.88. The number of anilines is 1. The standard InChI is InChI=1S/C32H38F2N6O5/c1-20-17-38(11-12-39(20)28(41)19-44-32(2,3)4)31-35-15-22(16-36-31)23-13-25-24(14-27(23)43-6)29(42)37(5)40(25)18-21-9-7-8-10-26(21)45-30(33)34/h7-10,13-16,20,30H,11-12,17-19H2,1-6H3. The van der Waals surface area contributed by atoms with Gasteiger partial charge >= 0.3 is 6.61 Å². The number of alkyl halides is 2. The van der Waals surface area contributed by atoms with Gasteiger partial charge in [-0.15, -0.1) is 0 Å². The highest BCUT2D eigenvalue weighted by atomic mass is 19.3. The fourth-order valence-electron chi connectivity index (χ4n) is 5.49. The van der Waals surface area contributed by atoms with Crippen molar-refractivity contribution in [2.24, 2.45) is 7.05 Å². The number of para-hydroxylation sites is 1. The first-order chi connectivity index (χ1) is 21.4. The van der Waals surface area contributed by atoms with Crippen LogP contribution in [0.2, 0.25) is 0 Å². The van der Waals surface area contributed by atoms with Crippen molar-refractivity contribution < 1.29 is 27.8 Å². The number of amides is 1. The van der Waals surface area contributed by atoms with E-state index in [2.05, 4.69) is 9.97 Å². The molecule has 1 aliphatic heterocycles. The number of hydrogen-bond acceptors (Lipinski definition) is 8. The summed E-state index contributed by atoms with van der Waals surface area (Å²) in [5, 5.41) is 0.414. The topological polar surface area (TPSA) is 104 Å². The zero-order chi connectivity index (χ0) is 32.5. The van der Waals surface area contributed by atoms with Crippen molar-refractivity contribution in [2.45, 2.75) is 52.5 Å². The van der Waals surface area contributed by atoms with Crippen molar-refractivity contribution in [1.82, 2.24) is 24.2 Å². The minimum absolute atomic E-state index is 0.0382. The molecule has 0 spiro atoms. The van der Waals surface area contributed by atoms with Crippen molar-refractivity contribution in [2.75, 3.05) is 38.3 Å². The number of halogens is 2.